The minimum Gasteiger partial charge on any atom is -0.334 e. The average Bonchev–Trinajstić information content (AvgIpc) is 3.17. The molecule has 2 aliphatic rings. The van der Waals surface area contributed by atoms with Crippen LogP contribution >= 0.6 is 0 Å². The Morgan fingerprint density at radius 3 is 2.59 bits per heavy atom. The highest BCUT2D eigenvalue weighted by molar-refractivity contribution is 5.19. The fourth-order valence-corrected chi connectivity index (χ4v) is 4.78. The Labute approximate surface area is 159 Å². The summed E-state index contributed by atoms with van der Waals surface area (Å²) in [5.74, 6) is -0.408. The van der Waals surface area contributed by atoms with Gasteiger partial charge in [-0.1, -0.05) is 12.1 Å². The van der Waals surface area contributed by atoms with Crippen molar-refractivity contribution in [3.8, 4) is 0 Å². The van der Waals surface area contributed by atoms with Crippen LogP contribution in [0.5, 0.6) is 0 Å². The highest BCUT2D eigenvalue weighted by atomic mass is 19.2. The van der Waals surface area contributed by atoms with Gasteiger partial charge in [0.15, 0.2) is 11.6 Å². The van der Waals surface area contributed by atoms with Gasteiger partial charge in [0.2, 0.25) is 0 Å². The summed E-state index contributed by atoms with van der Waals surface area (Å²) in [4.78, 5) is 9.22. The number of likely N-dealkylation sites (tertiary alicyclic amines) is 2. The van der Waals surface area contributed by atoms with Crippen LogP contribution in [0.15, 0.2) is 24.4 Å². The second-order valence-electron chi connectivity index (χ2n) is 8.34. The average molecular weight is 374 g/mol. The molecule has 2 aromatic rings. The molecule has 1 aromatic carbocycles. The van der Waals surface area contributed by atoms with Crippen molar-refractivity contribution >= 4 is 0 Å². The zero-order valence-electron chi connectivity index (χ0n) is 16.2. The number of imidazole rings is 1. The van der Waals surface area contributed by atoms with Crippen molar-refractivity contribution in [1.82, 2.24) is 19.4 Å². The number of hydrogen-bond donors (Lipinski definition) is 0. The molecule has 0 unspecified atom stereocenters. The largest absolute Gasteiger partial charge is 0.334 e. The van der Waals surface area contributed by atoms with Crippen molar-refractivity contribution in [2.45, 2.75) is 39.3 Å². The second kappa shape index (κ2) is 7.32. The quantitative estimate of drug-likeness (QED) is 0.819. The van der Waals surface area contributed by atoms with Gasteiger partial charge >= 0.3 is 0 Å². The van der Waals surface area contributed by atoms with E-state index in [9.17, 15) is 8.78 Å². The van der Waals surface area contributed by atoms with Crippen LogP contribution in [-0.4, -0.2) is 45.5 Å². The smallest absolute Gasteiger partial charge is 0.163 e. The van der Waals surface area contributed by atoms with E-state index in [-0.39, 0.29) is 5.41 Å². The first-order chi connectivity index (χ1) is 13.0. The molecule has 0 saturated carbocycles. The third kappa shape index (κ3) is 3.78. The van der Waals surface area contributed by atoms with Crippen LogP contribution in [-0.2, 0) is 20.1 Å². The number of halogens is 2. The molecule has 0 radical (unpaired) electrons. The molecule has 1 aromatic heterocycles. The fraction of sp³-hybridized carbons (Fsp3) is 0.571. The van der Waals surface area contributed by atoms with Crippen molar-refractivity contribution < 1.29 is 8.78 Å². The summed E-state index contributed by atoms with van der Waals surface area (Å²) >= 11 is 0. The molecule has 0 amide bonds. The predicted molar refractivity (Wildman–Crippen MR) is 101 cm³/mol. The van der Waals surface area contributed by atoms with Gasteiger partial charge in [0.05, 0.1) is 5.69 Å². The van der Waals surface area contributed by atoms with Crippen molar-refractivity contribution in [2.24, 2.45) is 12.5 Å². The summed E-state index contributed by atoms with van der Waals surface area (Å²) < 4.78 is 29.7. The molecule has 27 heavy (non-hydrogen) atoms. The van der Waals surface area contributed by atoms with E-state index in [1.54, 1.807) is 12.1 Å². The Morgan fingerprint density at radius 1 is 1.07 bits per heavy atom. The number of nitrogens with zero attached hydrogens (tertiary/aromatic N) is 4. The molecule has 146 valence electrons. The Balaban J connectivity index is 1.40. The van der Waals surface area contributed by atoms with Crippen LogP contribution in [0, 0.1) is 24.0 Å². The second-order valence-corrected chi connectivity index (χ2v) is 8.34. The molecule has 2 aliphatic heterocycles. The topological polar surface area (TPSA) is 24.3 Å². The Bertz CT molecular complexity index is 819. The van der Waals surface area contributed by atoms with E-state index in [4.69, 9.17) is 0 Å². The standard InChI is InChI=1S/C21H28F2N4/c1-16-24-11-18(25(16)2)13-27-10-8-21(15-27)7-4-9-26(14-21)12-17-5-3-6-19(22)20(17)23/h3,5-6,11H,4,7-10,12-15H2,1-2H3/t21-/m0/s1. The molecule has 1 atom stereocenters. The Hall–Kier alpha value is -1.79. The monoisotopic (exact) mass is 374 g/mol. The minimum absolute atomic E-state index is 0.274. The molecule has 2 saturated heterocycles. The zero-order chi connectivity index (χ0) is 19.0. The molecule has 0 N–H and O–H groups in total. The van der Waals surface area contributed by atoms with Gasteiger partial charge in [-0.05, 0) is 50.8 Å². The molecule has 0 aliphatic carbocycles. The first kappa shape index (κ1) is 18.6. The predicted octanol–water partition coefficient (Wildman–Crippen LogP) is 3.49. The number of piperidine rings is 1. The summed E-state index contributed by atoms with van der Waals surface area (Å²) in [6, 6.07) is 4.48. The molecule has 6 heteroatoms. The summed E-state index contributed by atoms with van der Waals surface area (Å²) in [6.07, 6.45) is 5.48. The van der Waals surface area contributed by atoms with Gasteiger partial charge < -0.3 is 4.57 Å². The van der Waals surface area contributed by atoms with E-state index in [1.807, 2.05) is 13.1 Å². The van der Waals surface area contributed by atoms with E-state index >= 15 is 0 Å². The third-order valence-corrected chi connectivity index (χ3v) is 6.39. The van der Waals surface area contributed by atoms with Crippen LogP contribution in [0.1, 0.15) is 36.3 Å². The molecule has 0 bridgehead atoms. The molecular formula is C21H28F2N4. The maximum atomic E-state index is 14.1. The van der Waals surface area contributed by atoms with Crippen molar-refractivity contribution in [3.05, 3.63) is 53.1 Å². The van der Waals surface area contributed by atoms with Crippen LogP contribution < -0.4 is 0 Å². The molecule has 2 fully saturated rings. The van der Waals surface area contributed by atoms with E-state index in [1.165, 1.54) is 24.6 Å². The number of aryl methyl sites for hydroxylation is 1. The van der Waals surface area contributed by atoms with Crippen LogP contribution in [0.2, 0.25) is 0 Å². The summed E-state index contributed by atoms with van der Waals surface area (Å²) in [6.45, 7) is 7.53. The third-order valence-electron chi connectivity index (χ3n) is 6.39. The lowest BCUT2D eigenvalue weighted by molar-refractivity contribution is 0.0854. The lowest BCUT2D eigenvalue weighted by atomic mass is 9.79. The summed E-state index contributed by atoms with van der Waals surface area (Å²) in [7, 11) is 2.07. The normalized spacial score (nSPS) is 24.1. The molecule has 4 rings (SSSR count). The Kier molecular flexibility index (Phi) is 5.03. The summed E-state index contributed by atoms with van der Waals surface area (Å²) in [5.41, 5.74) is 1.99. The van der Waals surface area contributed by atoms with Gasteiger partial charge in [-0.25, -0.2) is 13.8 Å². The number of hydrogen-bond acceptors (Lipinski definition) is 3. The van der Waals surface area contributed by atoms with Gasteiger partial charge in [0, 0.05) is 45.0 Å². The number of rotatable bonds is 4. The van der Waals surface area contributed by atoms with Gasteiger partial charge in [0.1, 0.15) is 5.82 Å². The lowest BCUT2D eigenvalue weighted by Crippen LogP contribution is -2.44. The van der Waals surface area contributed by atoms with Crippen LogP contribution in [0.25, 0.3) is 0 Å². The molecule has 1 spiro atoms. The number of aromatic nitrogens is 2. The number of benzene rings is 1. The van der Waals surface area contributed by atoms with E-state index in [2.05, 4.69) is 26.4 Å². The van der Waals surface area contributed by atoms with Crippen molar-refractivity contribution in [3.63, 3.8) is 0 Å². The van der Waals surface area contributed by atoms with Crippen LogP contribution in [0.4, 0.5) is 8.78 Å². The SMILES string of the molecule is Cc1ncc(CN2CC[C@]3(CCCN(Cc4cccc(F)c4F)C3)C2)n1C. The fourth-order valence-electron chi connectivity index (χ4n) is 4.78. The molecule has 3 heterocycles. The van der Waals surface area contributed by atoms with E-state index in [0.717, 1.165) is 45.0 Å². The molecular weight excluding hydrogens is 346 g/mol. The van der Waals surface area contributed by atoms with Crippen molar-refractivity contribution in [2.75, 3.05) is 26.2 Å². The van der Waals surface area contributed by atoms with Gasteiger partial charge in [0.25, 0.3) is 0 Å². The first-order valence-corrected chi connectivity index (χ1v) is 9.81. The highest BCUT2D eigenvalue weighted by Crippen LogP contribution is 2.40. The van der Waals surface area contributed by atoms with Gasteiger partial charge in [-0.2, -0.15) is 0 Å². The Morgan fingerprint density at radius 2 is 1.85 bits per heavy atom. The maximum Gasteiger partial charge on any atom is 0.163 e. The van der Waals surface area contributed by atoms with Gasteiger partial charge in [-0.3, -0.25) is 9.80 Å². The van der Waals surface area contributed by atoms with Crippen molar-refractivity contribution in [1.29, 1.82) is 0 Å². The highest BCUT2D eigenvalue weighted by Gasteiger charge is 2.41. The minimum atomic E-state index is -0.752. The maximum absolute atomic E-state index is 14.1. The lowest BCUT2D eigenvalue weighted by Gasteiger charge is -2.40. The van der Waals surface area contributed by atoms with Gasteiger partial charge in [-0.15, -0.1) is 0 Å². The van der Waals surface area contributed by atoms with E-state index < -0.39 is 11.6 Å². The molecule has 4 nitrogen and oxygen atoms in total. The first-order valence-electron chi connectivity index (χ1n) is 9.81. The summed E-state index contributed by atoms with van der Waals surface area (Å²) in [5, 5.41) is 0. The van der Waals surface area contributed by atoms with Crippen LogP contribution in [0.3, 0.4) is 0 Å². The van der Waals surface area contributed by atoms with E-state index in [0.29, 0.717) is 12.1 Å². The zero-order valence-corrected chi connectivity index (χ0v) is 16.2.